The van der Waals surface area contributed by atoms with Crippen molar-refractivity contribution in [2.75, 3.05) is 0 Å². The third kappa shape index (κ3) is 1.87. The van der Waals surface area contributed by atoms with Crippen molar-refractivity contribution in [1.29, 1.82) is 0 Å². The van der Waals surface area contributed by atoms with E-state index in [0.29, 0.717) is 0 Å². The van der Waals surface area contributed by atoms with E-state index in [-0.39, 0.29) is 17.6 Å². The first-order valence-electron chi connectivity index (χ1n) is 7.92. The van der Waals surface area contributed by atoms with E-state index in [1.54, 1.807) is 0 Å². The van der Waals surface area contributed by atoms with E-state index in [2.05, 4.69) is 64.1 Å². The maximum atomic E-state index is 6.07. The van der Waals surface area contributed by atoms with Crippen molar-refractivity contribution < 1.29 is 4.74 Å². The molecule has 1 aliphatic heterocycles. The van der Waals surface area contributed by atoms with Gasteiger partial charge in [-0.1, -0.05) is 64.1 Å². The number of aryl methyl sites for hydroxylation is 1. The minimum atomic E-state index is 0.155. The molecule has 1 fully saturated rings. The molecule has 0 N–H and O–H groups in total. The molecule has 108 valence electrons. The summed E-state index contributed by atoms with van der Waals surface area (Å²) in [5.74, 6) is 0. The predicted molar refractivity (Wildman–Crippen MR) is 86.5 cm³/mol. The summed E-state index contributed by atoms with van der Waals surface area (Å²) in [5, 5.41) is 0. The average molecular weight is 278 g/mol. The van der Waals surface area contributed by atoms with Crippen LogP contribution in [-0.2, 0) is 16.6 Å². The molecule has 2 aromatic carbocycles. The fourth-order valence-corrected chi connectivity index (χ4v) is 3.64. The van der Waals surface area contributed by atoms with Crippen molar-refractivity contribution in [1.82, 2.24) is 0 Å². The largest absolute Gasteiger partial charge is 0.359 e. The van der Waals surface area contributed by atoms with E-state index in [9.17, 15) is 0 Å². The number of hydrogen-bond acceptors (Lipinski definition) is 1. The lowest BCUT2D eigenvalue weighted by molar-refractivity contribution is 0.377. The zero-order valence-electron chi connectivity index (χ0n) is 13.2. The second-order valence-electron chi connectivity index (χ2n) is 7.27. The molecule has 0 amide bonds. The molecule has 0 radical (unpaired) electrons. The van der Waals surface area contributed by atoms with Gasteiger partial charge in [0, 0.05) is 0 Å². The number of ether oxygens (including phenoxy) is 1. The van der Waals surface area contributed by atoms with Gasteiger partial charge in [0.15, 0.2) is 0 Å². The lowest BCUT2D eigenvalue weighted by Gasteiger charge is -2.27. The van der Waals surface area contributed by atoms with Crippen molar-refractivity contribution in [3.05, 3.63) is 58.7 Å². The van der Waals surface area contributed by atoms with Crippen LogP contribution in [0, 0.1) is 0 Å². The first-order chi connectivity index (χ1) is 10.0. The molecule has 4 rings (SSSR count). The maximum Gasteiger partial charge on any atom is 0.115 e. The molecule has 2 aromatic rings. The molecule has 2 atom stereocenters. The van der Waals surface area contributed by atoms with Crippen LogP contribution >= 0.6 is 0 Å². The predicted octanol–water partition coefficient (Wildman–Crippen LogP) is 5.34. The molecule has 1 heterocycles. The van der Waals surface area contributed by atoms with Gasteiger partial charge < -0.3 is 4.74 Å². The molecule has 1 saturated heterocycles. The van der Waals surface area contributed by atoms with Crippen LogP contribution in [-0.4, -0.2) is 0 Å². The molecule has 0 aromatic heterocycles. The number of hydrogen-bond donors (Lipinski definition) is 0. The van der Waals surface area contributed by atoms with Crippen LogP contribution in [0.4, 0.5) is 0 Å². The van der Waals surface area contributed by atoms with E-state index >= 15 is 0 Å². The number of epoxide rings is 1. The van der Waals surface area contributed by atoms with Crippen LogP contribution in [0.3, 0.4) is 0 Å². The molecule has 0 bridgehead atoms. The van der Waals surface area contributed by atoms with Gasteiger partial charge in [-0.2, -0.15) is 0 Å². The number of fused-ring (bicyclic) bond motifs is 6. The fourth-order valence-electron chi connectivity index (χ4n) is 3.64. The highest BCUT2D eigenvalue weighted by molar-refractivity contribution is 5.77. The van der Waals surface area contributed by atoms with E-state index in [0.717, 1.165) is 6.42 Å². The van der Waals surface area contributed by atoms with Crippen molar-refractivity contribution in [3.63, 3.8) is 0 Å². The Balaban J connectivity index is 1.97. The summed E-state index contributed by atoms with van der Waals surface area (Å²) in [6.45, 7) is 9.07. The van der Waals surface area contributed by atoms with Gasteiger partial charge in [-0.25, -0.2) is 0 Å². The maximum absolute atomic E-state index is 6.07. The highest BCUT2D eigenvalue weighted by Gasteiger charge is 2.49. The van der Waals surface area contributed by atoms with Gasteiger partial charge >= 0.3 is 0 Å². The van der Waals surface area contributed by atoms with Crippen molar-refractivity contribution in [2.45, 2.75) is 51.7 Å². The third-order valence-electron chi connectivity index (χ3n) is 4.81. The minimum absolute atomic E-state index is 0.155. The average Bonchev–Trinajstić information content (AvgIpc) is 3.26. The van der Waals surface area contributed by atoms with E-state index < -0.39 is 0 Å². The summed E-state index contributed by atoms with van der Waals surface area (Å²) in [5.41, 5.74) is 8.54. The zero-order valence-corrected chi connectivity index (χ0v) is 13.2. The summed E-state index contributed by atoms with van der Waals surface area (Å²) in [7, 11) is 0. The van der Waals surface area contributed by atoms with Crippen molar-refractivity contribution in [2.24, 2.45) is 0 Å². The monoisotopic (exact) mass is 278 g/mol. The Bertz CT molecular complexity index is 721. The SMILES string of the molecule is CCc1ccc2c(c1)C1OC1c1c-2cccc1C(C)(C)C. The summed E-state index contributed by atoms with van der Waals surface area (Å²) in [6.07, 6.45) is 1.64. The Morgan fingerprint density at radius 3 is 2.52 bits per heavy atom. The Labute approximate surface area is 127 Å². The molecule has 1 nitrogen and oxygen atoms in total. The van der Waals surface area contributed by atoms with Crippen LogP contribution in [0.1, 0.15) is 62.2 Å². The molecule has 21 heavy (non-hydrogen) atoms. The fraction of sp³-hybridized carbons (Fsp3) is 0.400. The second-order valence-corrected chi connectivity index (χ2v) is 7.27. The van der Waals surface area contributed by atoms with Crippen molar-refractivity contribution >= 4 is 0 Å². The van der Waals surface area contributed by atoms with Gasteiger partial charge in [-0.05, 0) is 45.2 Å². The first kappa shape index (κ1) is 13.1. The van der Waals surface area contributed by atoms with Gasteiger partial charge in [-0.15, -0.1) is 0 Å². The van der Waals surface area contributed by atoms with Crippen LogP contribution < -0.4 is 0 Å². The summed E-state index contributed by atoms with van der Waals surface area (Å²) >= 11 is 0. The first-order valence-corrected chi connectivity index (χ1v) is 7.92. The lowest BCUT2D eigenvalue weighted by atomic mass is 9.76. The van der Waals surface area contributed by atoms with Gasteiger partial charge in [0.2, 0.25) is 0 Å². The van der Waals surface area contributed by atoms with Crippen LogP contribution in [0.5, 0.6) is 0 Å². The quantitative estimate of drug-likeness (QED) is 0.641. The van der Waals surface area contributed by atoms with Crippen LogP contribution in [0.2, 0.25) is 0 Å². The molecule has 1 heteroatoms. The van der Waals surface area contributed by atoms with E-state index in [1.165, 1.54) is 33.4 Å². The van der Waals surface area contributed by atoms with Crippen molar-refractivity contribution in [3.8, 4) is 11.1 Å². The molecule has 0 spiro atoms. The van der Waals surface area contributed by atoms with E-state index in [4.69, 9.17) is 4.74 Å². The lowest BCUT2D eigenvalue weighted by Crippen LogP contribution is -2.16. The standard InChI is InChI=1S/C20H22O/c1-5-12-9-10-13-14-7-6-8-16(20(2,3)4)17(14)19-18(21-19)15(13)11-12/h6-11,18-19H,5H2,1-4H3. The van der Waals surface area contributed by atoms with Gasteiger partial charge in [0.1, 0.15) is 12.2 Å². The highest BCUT2D eigenvalue weighted by atomic mass is 16.6. The number of benzene rings is 2. The Kier molecular flexibility index (Phi) is 2.62. The molecule has 0 saturated carbocycles. The smallest absolute Gasteiger partial charge is 0.115 e. The third-order valence-corrected chi connectivity index (χ3v) is 4.81. The van der Waals surface area contributed by atoms with Gasteiger partial charge in [0.25, 0.3) is 0 Å². The molecule has 1 aliphatic carbocycles. The van der Waals surface area contributed by atoms with E-state index in [1.807, 2.05) is 0 Å². The Hall–Kier alpha value is -1.60. The van der Waals surface area contributed by atoms with Gasteiger partial charge in [-0.3, -0.25) is 0 Å². The summed E-state index contributed by atoms with van der Waals surface area (Å²) < 4.78 is 6.07. The molecular weight excluding hydrogens is 256 g/mol. The highest BCUT2D eigenvalue weighted by Crippen LogP contribution is 2.61. The topological polar surface area (TPSA) is 12.5 Å². The zero-order chi connectivity index (χ0) is 14.8. The molecule has 2 unspecified atom stereocenters. The normalized spacial score (nSPS) is 22.3. The minimum Gasteiger partial charge on any atom is -0.359 e. The number of rotatable bonds is 1. The summed E-state index contributed by atoms with van der Waals surface area (Å²) in [6, 6.07) is 13.6. The second kappa shape index (κ2) is 4.20. The van der Waals surface area contributed by atoms with Gasteiger partial charge in [0.05, 0.1) is 0 Å². The Morgan fingerprint density at radius 1 is 1.00 bits per heavy atom. The Morgan fingerprint density at radius 2 is 1.81 bits per heavy atom. The summed E-state index contributed by atoms with van der Waals surface area (Å²) in [4.78, 5) is 0. The molecular formula is C20H22O. The molecule has 2 aliphatic rings. The van der Waals surface area contributed by atoms with Crippen LogP contribution in [0.15, 0.2) is 36.4 Å². The van der Waals surface area contributed by atoms with Crippen LogP contribution in [0.25, 0.3) is 11.1 Å².